The molecule has 394 valence electrons. The van der Waals surface area contributed by atoms with E-state index in [1.54, 1.807) is 0 Å². The molecule has 13 aromatic carbocycles. The van der Waals surface area contributed by atoms with Crippen molar-refractivity contribution in [3.8, 4) is 61.3 Å². The summed E-state index contributed by atoms with van der Waals surface area (Å²) in [5, 5.41) is 2.52. The molecule has 0 N–H and O–H groups in total. The van der Waals surface area contributed by atoms with E-state index in [0.717, 1.165) is 11.1 Å². The average molecular weight is 1070 g/mol. The number of benzene rings is 13. The Labute approximate surface area is 491 Å². The second kappa shape index (κ2) is 19.8. The fraction of sp³-hybridized carbons (Fsp3) is 0.0361. The van der Waals surface area contributed by atoms with E-state index in [0.29, 0.717) is 0 Å². The molecule has 14 aromatic rings. The van der Waals surface area contributed by atoms with Crippen LogP contribution in [0, 0.1) is 6.92 Å². The van der Waals surface area contributed by atoms with Gasteiger partial charge in [-0.1, -0.05) is 285 Å². The molecule has 1 aromatic heterocycles. The quantitative estimate of drug-likeness (QED) is 0.120. The molecule has 2 aliphatic carbocycles. The highest BCUT2D eigenvalue weighted by atomic mass is 15.0. The molecule has 0 radical (unpaired) electrons. The Balaban J connectivity index is 0.746. The third-order valence-corrected chi connectivity index (χ3v) is 18.2. The maximum atomic E-state index is 2.51. The van der Waals surface area contributed by atoms with Gasteiger partial charge >= 0.3 is 0 Å². The topological polar surface area (TPSA) is 4.93 Å². The number of hydrogen-bond acceptors (Lipinski definition) is 0. The van der Waals surface area contributed by atoms with Gasteiger partial charge in [0.15, 0.2) is 0 Å². The van der Waals surface area contributed by atoms with E-state index in [2.05, 4.69) is 339 Å². The molecule has 0 unspecified atom stereocenters. The summed E-state index contributed by atoms with van der Waals surface area (Å²) in [7, 11) is 0. The lowest BCUT2D eigenvalue weighted by Crippen LogP contribution is -2.29. The first kappa shape index (κ1) is 49.2. The number of aryl methyl sites for hydroxylation is 1. The van der Waals surface area contributed by atoms with E-state index in [1.807, 2.05) is 0 Å². The lowest BCUT2D eigenvalue weighted by molar-refractivity contribution is 0.767. The largest absolute Gasteiger partial charge is 0.309 e. The number of para-hydroxylation sites is 2. The highest BCUT2D eigenvalue weighted by Crippen LogP contribution is 2.60. The first-order valence-electron chi connectivity index (χ1n) is 29.3. The van der Waals surface area contributed by atoms with Crippen molar-refractivity contribution in [1.82, 2.24) is 4.57 Å². The van der Waals surface area contributed by atoms with Crippen LogP contribution in [0.1, 0.15) is 61.2 Å². The second-order valence-electron chi connectivity index (χ2n) is 22.8. The second-order valence-corrected chi connectivity index (χ2v) is 22.8. The number of hydrogen-bond donors (Lipinski definition) is 0. The normalized spacial score (nSPS) is 13.4. The molecule has 0 bridgehead atoms. The number of aromatic nitrogens is 1. The monoisotopic (exact) mass is 1070 g/mol. The molecule has 1 nitrogen and oxygen atoms in total. The van der Waals surface area contributed by atoms with Gasteiger partial charge in [0.2, 0.25) is 0 Å². The van der Waals surface area contributed by atoms with Gasteiger partial charge in [0.1, 0.15) is 0 Å². The summed E-state index contributed by atoms with van der Waals surface area (Å²) in [5.41, 5.74) is 28.7. The summed E-state index contributed by atoms with van der Waals surface area (Å²) in [5.74, 6) is 0. The van der Waals surface area contributed by atoms with Crippen LogP contribution in [0.15, 0.2) is 315 Å². The smallest absolute Gasteiger partial charge is 0.0713 e. The van der Waals surface area contributed by atoms with E-state index >= 15 is 0 Å². The predicted octanol–water partition coefficient (Wildman–Crippen LogP) is 21.0. The lowest BCUT2D eigenvalue weighted by Gasteiger charge is -2.35. The van der Waals surface area contributed by atoms with Crippen LogP contribution in [0.5, 0.6) is 0 Å². The van der Waals surface area contributed by atoms with Crippen LogP contribution in [-0.4, -0.2) is 4.57 Å². The molecule has 0 saturated heterocycles. The van der Waals surface area contributed by atoms with Crippen molar-refractivity contribution in [1.29, 1.82) is 0 Å². The number of rotatable bonds is 10. The molecular weight excluding hydrogens is 1010 g/mol. The highest BCUT2D eigenvalue weighted by Gasteiger charge is 2.48. The average Bonchev–Trinajstić information content (AvgIpc) is 1.67. The molecule has 1 heteroatoms. The first-order valence-corrected chi connectivity index (χ1v) is 29.3. The van der Waals surface area contributed by atoms with E-state index in [4.69, 9.17) is 0 Å². The van der Waals surface area contributed by atoms with Crippen molar-refractivity contribution in [3.05, 3.63) is 377 Å². The molecule has 0 fully saturated rings. The molecule has 16 rings (SSSR count). The van der Waals surface area contributed by atoms with Gasteiger partial charge in [-0.3, -0.25) is 0 Å². The van der Waals surface area contributed by atoms with Crippen LogP contribution < -0.4 is 0 Å². The zero-order valence-electron chi connectivity index (χ0n) is 46.6. The van der Waals surface area contributed by atoms with Gasteiger partial charge in [0.05, 0.1) is 21.9 Å². The van der Waals surface area contributed by atoms with Crippen LogP contribution in [0.25, 0.3) is 95.3 Å². The van der Waals surface area contributed by atoms with Gasteiger partial charge < -0.3 is 4.57 Å². The Morgan fingerprint density at radius 3 is 1.05 bits per heavy atom. The first-order chi connectivity index (χ1) is 41.5. The lowest BCUT2D eigenvalue weighted by atomic mass is 9.66. The van der Waals surface area contributed by atoms with E-state index in [1.165, 1.54) is 133 Å². The standard InChI is InChI=1S/C83H57N/c1-56-31-46-70-71-48-43-63(54-78(71)82(76(70)51-56,65-19-7-2-8-20-65)66-21-9-3-10-22-66)64-44-49-73-72-47-42-62(53-77(72)83(79(73)55-64,67-23-11-4-12-24-67)68-25-13-5-14-26-68)60-40-36-58(37-41-60)33-32-57-34-38-59(39-35-57)61-45-50-81-75(52-61)74-29-17-18-30-80(74)84(81)69-27-15-6-16-28-69/h2-55H,1H3. The Hall–Kier alpha value is -10.6. The molecule has 0 atom stereocenters. The summed E-state index contributed by atoms with van der Waals surface area (Å²) in [6, 6.07) is 118. The molecule has 84 heavy (non-hydrogen) atoms. The van der Waals surface area contributed by atoms with E-state index < -0.39 is 10.8 Å². The number of nitrogens with zero attached hydrogens (tertiary/aromatic N) is 1. The van der Waals surface area contributed by atoms with Crippen LogP contribution in [-0.2, 0) is 10.8 Å². The number of fused-ring (bicyclic) bond motifs is 9. The Morgan fingerprint density at radius 2 is 0.595 bits per heavy atom. The minimum Gasteiger partial charge on any atom is -0.309 e. The minimum absolute atomic E-state index is 0.497. The van der Waals surface area contributed by atoms with Gasteiger partial charge in [0, 0.05) is 16.5 Å². The van der Waals surface area contributed by atoms with Crippen molar-refractivity contribution in [2.75, 3.05) is 0 Å². The van der Waals surface area contributed by atoms with E-state index in [9.17, 15) is 0 Å². The summed E-state index contributed by atoms with van der Waals surface area (Å²) >= 11 is 0. The third kappa shape index (κ3) is 7.70. The molecule has 1 heterocycles. The molecular formula is C83H57N. The van der Waals surface area contributed by atoms with Crippen LogP contribution >= 0.6 is 0 Å². The molecule has 0 amide bonds. The maximum absolute atomic E-state index is 2.51. The van der Waals surface area contributed by atoms with Gasteiger partial charge in [0.25, 0.3) is 0 Å². The summed E-state index contributed by atoms with van der Waals surface area (Å²) < 4.78 is 2.37. The molecule has 0 spiro atoms. The van der Waals surface area contributed by atoms with Crippen molar-refractivity contribution in [2.45, 2.75) is 17.8 Å². The highest BCUT2D eigenvalue weighted by molar-refractivity contribution is 6.10. The van der Waals surface area contributed by atoms with Crippen molar-refractivity contribution >= 4 is 34.0 Å². The molecule has 0 aliphatic heterocycles. The van der Waals surface area contributed by atoms with Crippen LogP contribution in [0.3, 0.4) is 0 Å². The van der Waals surface area contributed by atoms with E-state index in [-0.39, 0.29) is 0 Å². The Kier molecular flexibility index (Phi) is 11.6. The van der Waals surface area contributed by atoms with Gasteiger partial charge in [-0.25, -0.2) is 0 Å². The minimum atomic E-state index is -0.588. The zero-order valence-corrected chi connectivity index (χ0v) is 46.6. The van der Waals surface area contributed by atoms with Crippen LogP contribution in [0.2, 0.25) is 0 Å². The van der Waals surface area contributed by atoms with Gasteiger partial charge in [-0.2, -0.15) is 0 Å². The Morgan fingerprint density at radius 1 is 0.262 bits per heavy atom. The van der Waals surface area contributed by atoms with Crippen molar-refractivity contribution < 1.29 is 0 Å². The third-order valence-electron chi connectivity index (χ3n) is 18.2. The maximum Gasteiger partial charge on any atom is 0.0713 e. The molecule has 0 saturated carbocycles. The van der Waals surface area contributed by atoms with Gasteiger partial charge in [-0.15, -0.1) is 0 Å². The summed E-state index contributed by atoms with van der Waals surface area (Å²) in [4.78, 5) is 0. The molecule has 2 aliphatic rings. The zero-order chi connectivity index (χ0) is 55.8. The predicted molar refractivity (Wildman–Crippen MR) is 352 cm³/mol. The fourth-order valence-corrected chi connectivity index (χ4v) is 14.4. The van der Waals surface area contributed by atoms with Crippen molar-refractivity contribution in [2.24, 2.45) is 0 Å². The fourth-order valence-electron chi connectivity index (χ4n) is 14.4. The van der Waals surface area contributed by atoms with Gasteiger partial charge in [-0.05, 0) is 167 Å². The SMILES string of the molecule is Cc1ccc2c(c1)C(c1ccccc1)(c1ccccc1)c1cc(-c3ccc4c(c3)C(c3ccccc3)(c3ccccc3)c3cc(-c5ccc(C=Cc6ccc(-c7ccc8c(c7)c7ccccc7n8-c7ccccc7)cc6)cc5)ccc3-4)ccc1-2. The summed E-state index contributed by atoms with van der Waals surface area (Å²) in [6.07, 6.45) is 4.44. The Bertz CT molecular complexity index is 4760. The van der Waals surface area contributed by atoms with Crippen LogP contribution in [0.4, 0.5) is 0 Å². The van der Waals surface area contributed by atoms with Crippen molar-refractivity contribution in [3.63, 3.8) is 0 Å². The summed E-state index contributed by atoms with van der Waals surface area (Å²) in [6.45, 7) is 2.22.